The molecular formula is C19H26N4. The molecule has 0 unspecified atom stereocenters. The van der Waals surface area contributed by atoms with Crippen LogP contribution in [0.25, 0.3) is 5.69 Å². The normalized spacial score (nSPS) is 20.3. The molecule has 1 aromatic carbocycles. The maximum absolute atomic E-state index is 4.60. The number of rotatable bonds is 3. The second-order valence-electron chi connectivity index (χ2n) is 6.96. The first-order valence-corrected chi connectivity index (χ1v) is 8.89. The van der Waals surface area contributed by atoms with Gasteiger partial charge in [0.15, 0.2) is 0 Å². The molecule has 3 heterocycles. The molecular weight excluding hydrogens is 284 g/mol. The highest BCUT2D eigenvalue weighted by Gasteiger charge is 2.22. The van der Waals surface area contributed by atoms with Gasteiger partial charge in [0.2, 0.25) is 0 Å². The van der Waals surface area contributed by atoms with Gasteiger partial charge in [-0.25, -0.2) is 4.68 Å². The highest BCUT2D eigenvalue weighted by molar-refractivity contribution is 5.51. The summed E-state index contributed by atoms with van der Waals surface area (Å²) < 4.78 is 2.14. The Hall–Kier alpha value is -1.81. The average molecular weight is 310 g/mol. The Kier molecular flexibility index (Phi) is 4.08. The Balaban J connectivity index is 1.55. The standard InChI is InChI=1S/C19H26N4/c1-21-14-9-16(10-15-21)19-8-11-20-23(19)18-6-4-17(5-7-18)22-12-2-3-13-22/h4-8,11,16H,2-3,9-10,12-15H2,1H3. The van der Waals surface area contributed by atoms with Gasteiger partial charge in [0, 0.05) is 36.6 Å². The average Bonchev–Trinajstić information content (AvgIpc) is 3.28. The van der Waals surface area contributed by atoms with Crippen molar-refractivity contribution in [2.24, 2.45) is 0 Å². The summed E-state index contributed by atoms with van der Waals surface area (Å²) >= 11 is 0. The van der Waals surface area contributed by atoms with Gasteiger partial charge in [-0.2, -0.15) is 5.10 Å². The number of hydrogen-bond donors (Lipinski definition) is 0. The van der Waals surface area contributed by atoms with Crippen LogP contribution in [0.15, 0.2) is 36.5 Å². The Labute approximate surface area is 138 Å². The summed E-state index contributed by atoms with van der Waals surface area (Å²) in [6.07, 6.45) is 7.05. The van der Waals surface area contributed by atoms with Gasteiger partial charge in [-0.05, 0) is 76.2 Å². The van der Waals surface area contributed by atoms with Crippen LogP contribution in [0.3, 0.4) is 0 Å². The van der Waals surface area contributed by atoms with Gasteiger partial charge in [0.25, 0.3) is 0 Å². The lowest BCUT2D eigenvalue weighted by Gasteiger charge is -2.29. The van der Waals surface area contributed by atoms with Gasteiger partial charge in [0.1, 0.15) is 0 Å². The predicted molar refractivity (Wildman–Crippen MR) is 94.5 cm³/mol. The Bertz CT molecular complexity index is 632. The first kappa shape index (κ1) is 14.8. The van der Waals surface area contributed by atoms with E-state index in [2.05, 4.69) is 57.0 Å². The molecule has 0 saturated carbocycles. The van der Waals surface area contributed by atoms with Crippen molar-refractivity contribution in [3.8, 4) is 5.69 Å². The van der Waals surface area contributed by atoms with E-state index in [0.29, 0.717) is 5.92 Å². The molecule has 122 valence electrons. The molecule has 2 aromatic rings. The van der Waals surface area contributed by atoms with Gasteiger partial charge in [0.05, 0.1) is 5.69 Å². The lowest BCUT2D eigenvalue weighted by Crippen LogP contribution is -2.30. The Morgan fingerprint density at radius 2 is 1.52 bits per heavy atom. The van der Waals surface area contributed by atoms with Crippen molar-refractivity contribution in [2.45, 2.75) is 31.6 Å². The fraction of sp³-hybridized carbons (Fsp3) is 0.526. The van der Waals surface area contributed by atoms with Gasteiger partial charge in [-0.1, -0.05) is 0 Å². The molecule has 1 aromatic heterocycles. The smallest absolute Gasteiger partial charge is 0.0650 e. The first-order chi connectivity index (χ1) is 11.3. The van der Waals surface area contributed by atoms with Gasteiger partial charge in [-0.3, -0.25) is 0 Å². The van der Waals surface area contributed by atoms with Crippen LogP contribution < -0.4 is 4.90 Å². The number of nitrogens with zero attached hydrogens (tertiary/aromatic N) is 4. The fourth-order valence-electron chi connectivity index (χ4n) is 3.92. The van der Waals surface area contributed by atoms with E-state index >= 15 is 0 Å². The molecule has 2 aliphatic rings. The summed E-state index contributed by atoms with van der Waals surface area (Å²) in [5, 5.41) is 4.60. The molecule has 0 bridgehead atoms. The second-order valence-corrected chi connectivity index (χ2v) is 6.96. The number of piperidine rings is 1. The molecule has 0 spiro atoms. The van der Waals surface area contributed by atoms with Crippen LogP contribution in [0.2, 0.25) is 0 Å². The maximum Gasteiger partial charge on any atom is 0.0650 e. The fourth-order valence-corrected chi connectivity index (χ4v) is 3.92. The minimum atomic E-state index is 0.631. The Morgan fingerprint density at radius 1 is 0.870 bits per heavy atom. The van der Waals surface area contributed by atoms with Crippen LogP contribution in [0.4, 0.5) is 5.69 Å². The molecule has 4 heteroatoms. The van der Waals surface area contributed by atoms with E-state index in [-0.39, 0.29) is 0 Å². The minimum absolute atomic E-state index is 0.631. The van der Waals surface area contributed by atoms with E-state index in [1.54, 1.807) is 0 Å². The van der Waals surface area contributed by atoms with E-state index in [0.717, 1.165) is 0 Å². The third-order valence-electron chi connectivity index (χ3n) is 5.37. The summed E-state index contributed by atoms with van der Waals surface area (Å²) in [5.74, 6) is 0.631. The zero-order valence-corrected chi connectivity index (χ0v) is 14.0. The quantitative estimate of drug-likeness (QED) is 0.869. The number of hydrogen-bond acceptors (Lipinski definition) is 3. The second kappa shape index (κ2) is 6.36. The summed E-state index contributed by atoms with van der Waals surface area (Å²) in [6, 6.07) is 11.1. The van der Waals surface area contributed by atoms with Gasteiger partial charge < -0.3 is 9.80 Å². The monoisotopic (exact) mass is 310 g/mol. The summed E-state index contributed by atoms with van der Waals surface area (Å²) in [5.41, 5.74) is 3.90. The maximum atomic E-state index is 4.60. The van der Waals surface area contributed by atoms with Crippen molar-refractivity contribution >= 4 is 5.69 Å². The zero-order chi connectivity index (χ0) is 15.6. The van der Waals surface area contributed by atoms with E-state index in [1.807, 2.05) is 6.20 Å². The van der Waals surface area contributed by atoms with Crippen LogP contribution in [0, 0.1) is 0 Å². The SMILES string of the molecule is CN1CCC(c2ccnn2-c2ccc(N3CCCC3)cc2)CC1. The highest BCUT2D eigenvalue weighted by Crippen LogP contribution is 2.29. The van der Waals surface area contributed by atoms with E-state index < -0.39 is 0 Å². The van der Waals surface area contributed by atoms with Crippen LogP contribution in [0.5, 0.6) is 0 Å². The van der Waals surface area contributed by atoms with E-state index in [4.69, 9.17) is 0 Å². The largest absolute Gasteiger partial charge is 0.372 e. The van der Waals surface area contributed by atoms with Crippen molar-refractivity contribution in [1.82, 2.24) is 14.7 Å². The van der Waals surface area contributed by atoms with E-state index in [1.165, 1.54) is 68.9 Å². The van der Waals surface area contributed by atoms with Crippen molar-refractivity contribution in [3.05, 3.63) is 42.2 Å². The summed E-state index contributed by atoms with van der Waals surface area (Å²) in [4.78, 5) is 4.90. The highest BCUT2D eigenvalue weighted by atomic mass is 15.3. The third-order valence-corrected chi connectivity index (χ3v) is 5.37. The lowest BCUT2D eigenvalue weighted by atomic mass is 9.93. The molecule has 23 heavy (non-hydrogen) atoms. The molecule has 4 rings (SSSR count). The van der Waals surface area contributed by atoms with E-state index in [9.17, 15) is 0 Å². The molecule has 0 radical (unpaired) electrons. The lowest BCUT2D eigenvalue weighted by molar-refractivity contribution is 0.252. The molecule has 2 aliphatic heterocycles. The Morgan fingerprint density at radius 3 is 2.22 bits per heavy atom. The summed E-state index contributed by atoms with van der Waals surface area (Å²) in [6.45, 7) is 4.76. The zero-order valence-electron chi connectivity index (χ0n) is 14.0. The van der Waals surface area contributed by atoms with Crippen LogP contribution in [-0.2, 0) is 0 Å². The van der Waals surface area contributed by atoms with Crippen molar-refractivity contribution in [2.75, 3.05) is 38.1 Å². The molecule has 2 fully saturated rings. The van der Waals surface area contributed by atoms with Crippen molar-refractivity contribution in [3.63, 3.8) is 0 Å². The number of benzene rings is 1. The predicted octanol–water partition coefficient (Wildman–Crippen LogP) is 3.28. The first-order valence-electron chi connectivity index (χ1n) is 8.89. The van der Waals surface area contributed by atoms with Crippen LogP contribution in [0.1, 0.15) is 37.3 Å². The number of aromatic nitrogens is 2. The van der Waals surface area contributed by atoms with Gasteiger partial charge in [-0.15, -0.1) is 0 Å². The molecule has 0 atom stereocenters. The topological polar surface area (TPSA) is 24.3 Å². The van der Waals surface area contributed by atoms with Crippen molar-refractivity contribution in [1.29, 1.82) is 0 Å². The molecule has 0 aliphatic carbocycles. The number of likely N-dealkylation sites (tertiary alicyclic amines) is 1. The molecule has 0 amide bonds. The van der Waals surface area contributed by atoms with Crippen LogP contribution in [-0.4, -0.2) is 47.9 Å². The molecule has 2 saturated heterocycles. The third kappa shape index (κ3) is 3.00. The minimum Gasteiger partial charge on any atom is -0.372 e. The van der Waals surface area contributed by atoms with Gasteiger partial charge >= 0.3 is 0 Å². The molecule has 4 nitrogen and oxygen atoms in total. The molecule has 0 N–H and O–H groups in total. The van der Waals surface area contributed by atoms with Crippen molar-refractivity contribution < 1.29 is 0 Å². The summed E-state index contributed by atoms with van der Waals surface area (Å²) in [7, 11) is 2.21. The van der Waals surface area contributed by atoms with Crippen LogP contribution >= 0.6 is 0 Å². The number of anilines is 1.